The first kappa shape index (κ1) is 21.4. The summed E-state index contributed by atoms with van der Waals surface area (Å²) in [7, 11) is 0. The summed E-state index contributed by atoms with van der Waals surface area (Å²) in [6, 6.07) is 9.14. The highest BCUT2D eigenvalue weighted by molar-refractivity contribution is 5.99. The normalized spacial score (nSPS) is 15.5. The molecule has 1 unspecified atom stereocenters. The minimum Gasteiger partial charge on any atom is -0.447 e. The van der Waals surface area contributed by atoms with Crippen molar-refractivity contribution >= 4 is 17.7 Å². The van der Waals surface area contributed by atoms with Gasteiger partial charge in [0.1, 0.15) is 6.61 Å². The number of ether oxygens (including phenoxy) is 1. The quantitative estimate of drug-likeness (QED) is 0.637. The molecule has 0 aliphatic carbocycles. The van der Waals surface area contributed by atoms with Crippen molar-refractivity contribution in [3.63, 3.8) is 0 Å². The second-order valence-corrected chi connectivity index (χ2v) is 7.83. The van der Waals surface area contributed by atoms with Gasteiger partial charge in [-0.15, -0.1) is 0 Å². The maximum Gasteiger partial charge on any atom is 0.414 e. The topological polar surface area (TPSA) is 97.3 Å². The standard InChI is InChI=1S/C24H25N5O3/c1-4-20-14-32-24(31)29(20)21-8-17(22-6-5-15(2)10-27-22)7-18(9-21)23(30)28-13-19-12-25-16(3)11-26-19/h5-12,20H,4,13-14H2,1-3H3,(H,28,30). The van der Waals surface area contributed by atoms with Crippen LogP contribution in [0.25, 0.3) is 11.3 Å². The third kappa shape index (κ3) is 4.59. The number of hydrogen-bond acceptors (Lipinski definition) is 6. The van der Waals surface area contributed by atoms with Gasteiger partial charge in [-0.2, -0.15) is 0 Å². The summed E-state index contributed by atoms with van der Waals surface area (Å²) in [5.41, 5.74) is 5.01. The van der Waals surface area contributed by atoms with E-state index in [0.717, 1.165) is 28.9 Å². The molecule has 164 valence electrons. The van der Waals surface area contributed by atoms with Crippen LogP contribution in [0.1, 0.15) is 40.7 Å². The smallest absolute Gasteiger partial charge is 0.414 e. The number of hydrogen-bond donors (Lipinski definition) is 1. The van der Waals surface area contributed by atoms with Crippen molar-refractivity contribution in [3.8, 4) is 11.3 Å². The fraction of sp³-hybridized carbons (Fsp3) is 0.292. The van der Waals surface area contributed by atoms with Crippen LogP contribution in [0.15, 0.2) is 48.9 Å². The lowest BCUT2D eigenvalue weighted by Gasteiger charge is -2.22. The number of benzene rings is 1. The minimum atomic E-state index is -0.410. The van der Waals surface area contributed by atoms with Crippen LogP contribution < -0.4 is 10.2 Å². The first-order valence-corrected chi connectivity index (χ1v) is 10.5. The lowest BCUT2D eigenvalue weighted by molar-refractivity contribution is 0.0950. The zero-order chi connectivity index (χ0) is 22.7. The second kappa shape index (κ2) is 9.13. The molecule has 1 fully saturated rings. The number of carbonyl (C=O) groups excluding carboxylic acids is 2. The fourth-order valence-electron chi connectivity index (χ4n) is 3.53. The van der Waals surface area contributed by atoms with E-state index >= 15 is 0 Å². The summed E-state index contributed by atoms with van der Waals surface area (Å²) in [5.74, 6) is -0.275. The monoisotopic (exact) mass is 431 g/mol. The first-order chi connectivity index (χ1) is 15.4. The zero-order valence-electron chi connectivity index (χ0n) is 18.3. The van der Waals surface area contributed by atoms with E-state index in [1.54, 1.807) is 35.6 Å². The average Bonchev–Trinajstić information content (AvgIpc) is 3.19. The van der Waals surface area contributed by atoms with Gasteiger partial charge in [-0.1, -0.05) is 13.0 Å². The summed E-state index contributed by atoms with van der Waals surface area (Å²) < 4.78 is 5.26. The van der Waals surface area contributed by atoms with Crippen molar-refractivity contribution in [2.75, 3.05) is 11.5 Å². The average molecular weight is 431 g/mol. The van der Waals surface area contributed by atoms with Gasteiger partial charge >= 0.3 is 6.09 Å². The molecule has 1 aliphatic rings. The summed E-state index contributed by atoms with van der Waals surface area (Å²) in [6.45, 7) is 6.40. The molecule has 8 nitrogen and oxygen atoms in total. The molecule has 32 heavy (non-hydrogen) atoms. The molecule has 0 radical (unpaired) electrons. The molecule has 1 atom stereocenters. The molecule has 0 saturated carbocycles. The Morgan fingerprint density at radius 2 is 1.97 bits per heavy atom. The summed E-state index contributed by atoms with van der Waals surface area (Å²) in [6.07, 6.45) is 5.41. The Labute approximate surface area is 186 Å². The van der Waals surface area contributed by atoms with Gasteiger partial charge in [-0.25, -0.2) is 4.79 Å². The Morgan fingerprint density at radius 3 is 2.66 bits per heavy atom. The predicted octanol–water partition coefficient (Wildman–Crippen LogP) is 3.82. The maximum atomic E-state index is 13.0. The van der Waals surface area contributed by atoms with Crippen LogP contribution in [0.2, 0.25) is 0 Å². The highest BCUT2D eigenvalue weighted by Gasteiger charge is 2.33. The van der Waals surface area contributed by atoms with Gasteiger partial charge in [0.15, 0.2) is 0 Å². The van der Waals surface area contributed by atoms with E-state index in [9.17, 15) is 9.59 Å². The first-order valence-electron chi connectivity index (χ1n) is 10.5. The van der Waals surface area contributed by atoms with Crippen molar-refractivity contribution in [3.05, 3.63) is 71.4 Å². The van der Waals surface area contributed by atoms with E-state index < -0.39 is 6.09 Å². The molecule has 3 aromatic rings. The van der Waals surface area contributed by atoms with E-state index in [-0.39, 0.29) is 18.5 Å². The van der Waals surface area contributed by atoms with Crippen LogP contribution >= 0.6 is 0 Å². The Morgan fingerprint density at radius 1 is 1.12 bits per heavy atom. The number of cyclic esters (lactones) is 1. The number of nitrogens with one attached hydrogen (secondary N) is 1. The van der Waals surface area contributed by atoms with E-state index in [4.69, 9.17) is 4.74 Å². The number of anilines is 1. The number of carbonyl (C=O) groups is 2. The number of pyridine rings is 1. The molecule has 3 heterocycles. The Bertz CT molecular complexity index is 1130. The molecule has 2 amide bonds. The van der Waals surface area contributed by atoms with Crippen molar-refractivity contribution in [1.82, 2.24) is 20.3 Å². The molecule has 1 aliphatic heterocycles. The molecular formula is C24H25N5O3. The minimum absolute atomic E-state index is 0.0810. The Hall–Kier alpha value is -3.81. The summed E-state index contributed by atoms with van der Waals surface area (Å²) >= 11 is 0. The third-order valence-electron chi connectivity index (χ3n) is 5.36. The van der Waals surface area contributed by atoms with E-state index in [0.29, 0.717) is 23.6 Å². The van der Waals surface area contributed by atoms with Crippen molar-refractivity contribution in [1.29, 1.82) is 0 Å². The molecule has 1 aromatic carbocycles. The number of rotatable bonds is 6. The molecule has 1 N–H and O–H groups in total. The second-order valence-electron chi connectivity index (χ2n) is 7.83. The van der Waals surface area contributed by atoms with Gasteiger partial charge < -0.3 is 10.1 Å². The van der Waals surface area contributed by atoms with Crippen LogP contribution in [0.3, 0.4) is 0 Å². The van der Waals surface area contributed by atoms with Gasteiger partial charge in [0.05, 0.1) is 35.9 Å². The van der Waals surface area contributed by atoms with E-state index in [2.05, 4.69) is 20.3 Å². The summed E-state index contributed by atoms with van der Waals surface area (Å²) in [5, 5.41) is 2.88. The highest BCUT2D eigenvalue weighted by atomic mass is 16.6. The Balaban J connectivity index is 1.67. The van der Waals surface area contributed by atoms with Gasteiger partial charge in [-0.05, 0) is 50.1 Å². The van der Waals surface area contributed by atoms with Crippen LogP contribution in [0, 0.1) is 13.8 Å². The van der Waals surface area contributed by atoms with Crippen LogP contribution in [-0.4, -0.2) is 39.6 Å². The van der Waals surface area contributed by atoms with Crippen molar-refractivity contribution in [2.24, 2.45) is 0 Å². The van der Waals surface area contributed by atoms with E-state index in [1.165, 1.54) is 0 Å². The van der Waals surface area contributed by atoms with Crippen LogP contribution in [0.4, 0.5) is 10.5 Å². The van der Waals surface area contributed by atoms with Gasteiger partial charge in [0.25, 0.3) is 5.91 Å². The fourth-order valence-corrected chi connectivity index (χ4v) is 3.53. The number of nitrogens with zero attached hydrogens (tertiary/aromatic N) is 4. The van der Waals surface area contributed by atoms with E-state index in [1.807, 2.05) is 39.0 Å². The largest absolute Gasteiger partial charge is 0.447 e. The number of aryl methyl sites for hydroxylation is 2. The van der Waals surface area contributed by atoms with Gasteiger partial charge in [0.2, 0.25) is 0 Å². The van der Waals surface area contributed by atoms with Crippen LogP contribution in [-0.2, 0) is 11.3 Å². The molecule has 1 saturated heterocycles. The van der Waals surface area contributed by atoms with Crippen molar-refractivity contribution < 1.29 is 14.3 Å². The number of amides is 2. The lowest BCUT2D eigenvalue weighted by atomic mass is 10.0. The molecule has 0 spiro atoms. The SMILES string of the molecule is CCC1COC(=O)N1c1cc(C(=O)NCc2cnc(C)cn2)cc(-c2ccc(C)cn2)c1. The zero-order valence-corrected chi connectivity index (χ0v) is 18.3. The number of aromatic nitrogens is 3. The maximum absolute atomic E-state index is 13.0. The van der Waals surface area contributed by atoms with Gasteiger partial charge in [0, 0.05) is 29.2 Å². The molecule has 8 heteroatoms. The highest BCUT2D eigenvalue weighted by Crippen LogP contribution is 2.30. The lowest BCUT2D eigenvalue weighted by Crippen LogP contribution is -2.33. The molecular weight excluding hydrogens is 406 g/mol. The molecule has 4 rings (SSSR count). The third-order valence-corrected chi connectivity index (χ3v) is 5.36. The Kier molecular flexibility index (Phi) is 6.11. The molecule has 0 bridgehead atoms. The van der Waals surface area contributed by atoms with Crippen molar-refractivity contribution in [2.45, 2.75) is 39.8 Å². The predicted molar refractivity (Wildman–Crippen MR) is 120 cm³/mol. The van der Waals surface area contributed by atoms with Gasteiger partial charge in [-0.3, -0.25) is 24.6 Å². The molecule has 2 aromatic heterocycles. The summed E-state index contributed by atoms with van der Waals surface area (Å²) in [4.78, 5) is 40.0. The van der Waals surface area contributed by atoms with Crippen LogP contribution in [0.5, 0.6) is 0 Å².